The fourth-order valence-corrected chi connectivity index (χ4v) is 4.39. The molecule has 1 atom stereocenters. The number of unbranched alkanes of at least 4 members (excludes halogenated alkanes) is 1. The molecule has 0 bridgehead atoms. The largest absolute Gasteiger partial charge is 0.462 e. The number of aromatic nitrogens is 2. The van der Waals surface area contributed by atoms with E-state index in [9.17, 15) is 9.18 Å². The van der Waals surface area contributed by atoms with Crippen molar-refractivity contribution in [2.45, 2.75) is 38.5 Å². The van der Waals surface area contributed by atoms with Gasteiger partial charge in [-0.05, 0) is 57.8 Å². The van der Waals surface area contributed by atoms with Crippen LogP contribution in [0.1, 0.15) is 54.7 Å². The molecule has 1 aromatic carbocycles. The lowest BCUT2D eigenvalue weighted by atomic mass is 9.97. The summed E-state index contributed by atoms with van der Waals surface area (Å²) in [6, 6.07) is 5.07. The number of halogens is 2. The van der Waals surface area contributed by atoms with Crippen LogP contribution < -0.4 is 10.5 Å². The molecule has 1 fully saturated rings. The number of fused-ring (bicyclic) bond motifs is 1. The average molecular weight is 460 g/mol. The second kappa shape index (κ2) is 9.83. The number of allylic oxidation sites excluding steroid dienone is 1. The summed E-state index contributed by atoms with van der Waals surface area (Å²) in [5, 5.41) is 0.532. The Bertz CT molecular complexity index is 1030. The minimum absolute atomic E-state index is 0.0769. The highest BCUT2D eigenvalue weighted by atomic mass is 35.5. The van der Waals surface area contributed by atoms with Gasteiger partial charge in [0.15, 0.2) is 11.6 Å². The van der Waals surface area contributed by atoms with Crippen LogP contribution in [-0.2, 0) is 0 Å². The monoisotopic (exact) mass is 459 g/mol. The van der Waals surface area contributed by atoms with Crippen molar-refractivity contribution in [1.29, 1.82) is 0 Å². The van der Waals surface area contributed by atoms with Crippen LogP contribution in [0.2, 0.25) is 5.02 Å². The van der Waals surface area contributed by atoms with Gasteiger partial charge in [-0.3, -0.25) is 4.79 Å². The number of likely N-dealkylation sites (tertiary alicyclic amines) is 1. The summed E-state index contributed by atoms with van der Waals surface area (Å²) in [5.74, 6) is 0.502. The SMILES string of the molecule is CC1=COc2cc(Cl)ccc2C(=O)N1CCCCN1CCCC(c2ncc(F)c(N)n2)C1. The Balaban J connectivity index is 1.30. The van der Waals surface area contributed by atoms with E-state index in [1.807, 2.05) is 6.92 Å². The molecular formula is C23H27ClFN5O2. The third kappa shape index (κ3) is 5.02. The number of ether oxygens (including phenoxy) is 1. The smallest absolute Gasteiger partial charge is 0.261 e. The minimum atomic E-state index is -0.579. The second-order valence-corrected chi connectivity index (χ2v) is 8.72. The zero-order valence-electron chi connectivity index (χ0n) is 18.1. The first-order chi connectivity index (χ1) is 15.4. The van der Waals surface area contributed by atoms with E-state index < -0.39 is 5.82 Å². The topological polar surface area (TPSA) is 84.6 Å². The van der Waals surface area contributed by atoms with Gasteiger partial charge in [0.05, 0.1) is 17.5 Å². The molecule has 2 N–H and O–H groups in total. The number of rotatable bonds is 6. The summed E-state index contributed by atoms with van der Waals surface area (Å²) in [5.41, 5.74) is 6.89. The van der Waals surface area contributed by atoms with Gasteiger partial charge in [-0.1, -0.05) is 11.6 Å². The standard InChI is InChI=1S/C23H27ClFN5O2/c1-15-14-32-20-11-17(24)6-7-18(20)23(31)30(15)10-3-2-8-29-9-4-5-16(13-29)22-27-12-19(25)21(26)28-22/h6-7,11-12,14,16H,2-5,8-10,13H2,1H3,(H2,26,27,28). The highest BCUT2D eigenvalue weighted by Gasteiger charge is 2.26. The first-order valence-electron chi connectivity index (χ1n) is 10.9. The Hall–Kier alpha value is -2.71. The first kappa shape index (κ1) is 22.5. The minimum Gasteiger partial charge on any atom is -0.462 e. The highest BCUT2D eigenvalue weighted by molar-refractivity contribution is 6.30. The maximum absolute atomic E-state index is 13.4. The zero-order valence-corrected chi connectivity index (χ0v) is 18.8. The van der Waals surface area contributed by atoms with E-state index in [0.29, 0.717) is 28.7 Å². The third-order valence-corrected chi connectivity index (χ3v) is 6.20. The Morgan fingerprint density at radius 1 is 1.31 bits per heavy atom. The molecule has 1 unspecified atom stereocenters. The van der Waals surface area contributed by atoms with Gasteiger partial charge in [0.2, 0.25) is 0 Å². The molecule has 1 aromatic heterocycles. The normalized spacial score (nSPS) is 19.2. The van der Waals surface area contributed by atoms with Gasteiger partial charge in [0.25, 0.3) is 5.91 Å². The van der Waals surface area contributed by atoms with Gasteiger partial charge in [-0.25, -0.2) is 14.4 Å². The van der Waals surface area contributed by atoms with E-state index in [4.69, 9.17) is 22.1 Å². The summed E-state index contributed by atoms with van der Waals surface area (Å²) < 4.78 is 19.0. The van der Waals surface area contributed by atoms with Crippen molar-refractivity contribution in [3.8, 4) is 5.75 Å². The molecule has 0 saturated carbocycles. The van der Waals surface area contributed by atoms with Crippen molar-refractivity contribution in [3.63, 3.8) is 0 Å². The number of anilines is 1. The predicted molar refractivity (Wildman–Crippen MR) is 121 cm³/mol. The van der Waals surface area contributed by atoms with Crippen molar-refractivity contribution < 1.29 is 13.9 Å². The van der Waals surface area contributed by atoms with Crippen molar-refractivity contribution in [1.82, 2.24) is 19.8 Å². The van der Waals surface area contributed by atoms with E-state index in [0.717, 1.165) is 57.2 Å². The second-order valence-electron chi connectivity index (χ2n) is 8.28. The lowest BCUT2D eigenvalue weighted by molar-refractivity contribution is 0.0804. The quantitative estimate of drug-likeness (QED) is 0.651. The van der Waals surface area contributed by atoms with E-state index >= 15 is 0 Å². The maximum Gasteiger partial charge on any atom is 0.261 e. The summed E-state index contributed by atoms with van der Waals surface area (Å²) >= 11 is 6.03. The Labute approximate surface area is 192 Å². The molecule has 3 heterocycles. The molecule has 7 nitrogen and oxygen atoms in total. The van der Waals surface area contributed by atoms with Gasteiger partial charge in [-0.2, -0.15) is 0 Å². The molecule has 0 spiro atoms. The van der Waals surface area contributed by atoms with E-state index in [1.54, 1.807) is 29.4 Å². The molecule has 1 amide bonds. The first-order valence-corrected chi connectivity index (χ1v) is 11.3. The number of piperidine rings is 1. The Morgan fingerprint density at radius 3 is 2.94 bits per heavy atom. The van der Waals surface area contributed by atoms with E-state index in [1.165, 1.54) is 0 Å². The number of nitrogens with two attached hydrogens (primary N) is 1. The molecule has 1 saturated heterocycles. The summed E-state index contributed by atoms with van der Waals surface area (Å²) in [6.07, 6.45) is 6.57. The molecule has 2 aromatic rings. The lowest BCUT2D eigenvalue weighted by Gasteiger charge is -2.32. The van der Waals surface area contributed by atoms with Crippen molar-refractivity contribution in [2.75, 3.05) is 31.9 Å². The third-order valence-electron chi connectivity index (χ3n) is 5.97. The number of nitrogen functional groups attached to an aromatic ring is 1. The average Bonchev–Trinajstić information content (AvgIpc) is 2.90. The van der Waals surface area contributed by atoms with Crippen LogP contribution in [0.25, 0.3) is 0 Å². The maximum atomic E-state index is 13.4. The highest BCUT2D eigenvalue weighted by Crippen LogP contribution is 2.29. The zero-order chi connectivity index (χ0) is 22.7. The number of carbonyl (C=O) groups excluding carboxylic acids is 1. The van der Waals surface area contributed by atoms with Crippen LogP contribution in [0, 0.1) is 5.82 Å². The van der Waals surface area contributed by atoms with Crippen molar-refractivity contribution in [2.24, 2.45) is 0 Å². The molecule has 9 heteroatoms. The molecule has 170 valence electrons. The van der Waals surface area contributed by atoms with Crippen LogP contribution >= 0.6 is 11.6 Å². The molecule has 0 radical (unpaired) electrons. The lowest BCUT2D eigenvalue weighted by Crippen LogP contribution is -2.36. The van der Waals surface area contributed by atoms with Crippen LogP contribution in [0.5, 0.6) is 5.75 Å². The molecule has 2 aliphatic heterocycles. The molecule has 0 aliphatic carbocycles. The fourth-order valence-electron chi connectivity index (χ4n) is 4.23. The van der Waals surface area contributed by atoms with Crippen LogP contribution in [0.15, 0.2) is 36.4 Å². The van der Waals surface area contributed by atoms with Gasteiger partial charge in [0.1, 0.15) is 17.8 Å². The van der Waals surface area contributed by atoms with Gasteiger partial charge in [-0.15, -0.1) is 0 Å². The van der Waals surface area contributed by atoms with E-state index in [-0.39, 0.29) is 17.6 Å². The van der Waals surface area contributed by atoms with Crippen LogP contribution in [0.4, 0.5) is 10.2 Å². The fraction of sp³-hybridized carbons (Fsp3) is 0.435. The van der Waals surface area contributed by atoms with Crippen molar-refractivity contribution in [3.05, 3.63) is 58.6 Å². The Morgan fingerprint density at radius 2 is 2.12 bits per heavy atom. The summed E-state index contributed by atoms with van der Waals surface area (Å²) in [4.78, 5) is 25.4. The van der Waals surface area contributed by atoms with Gasteiger partial charge in [0, 0.05) is 30.1 Å². The molecular weight excluding hydrogens is 433 g/mol. The predicted octanol–water partition coefficient (Wildman–Crippen LogP) is 4.21. The number of hydrogen-bond donors (Lipinski definition) is 1. The van der Waals surface area contributed by atoms with E-state index in [2.05, 4.69) is 14.9 Å². The number of hydrogen-bond acceptors (Lipinski definition) is 6. The summed E-state index contributed by atoms with van der Waals surface area (Å²) in [7, 11) is 0. The van der Waals surface area contributed by atoms with Gasteiger partial charge >= 0.3 is 0 Å². The number of carbonyl (C=O) groups is 1. The number of benzene rings is 1. The summed E-state index contributed by atoms with van der Waals surface area (Å²) in [6.45, 7) is 5.24. The van der Waals surface area contributed by atoms with Crippen LogP contribution in [-0.4, -0.2) is 51.9 Å². The molecule has 32 heavy (non-hydrogen) atoms. The molecule has 2 aliphatic rings. The van der Waals surface area contributed by atoms with Crippen LogP contribution in [0.3, 0.4) is 0 Å². The van der Waals surface area contributed by atoms with Crippen molar-refractivity contribution >= 4 is 23.3 Å². The number of amides is 1. The van der Waals surface area contributed by atoms with Gasteiger partial charge < -0.3 is 20.3 Å². The molecule has 4 rings (SSSR count). The number of nitrogens with zero attached hydrogens (tertiary/aromatic N) is 4. The Kier molecular flexibility index (Phi) is 6.91.